The van der Waals surface area contributed by atoms with E-state index in [9.17, 15) is 4.79 Å². The molecule has 1 aromatic heterocycles. The average molecular weight is 421 g/mol. The molecule has 0 bridgehead atoms. The van der Waals surface area contributed by atoms with Crippen LogP contribution in [-0.2, 0) is 11.3 Å². The van der Waals surface area contributed by atoms with Crippen LogP contribution >= 0.6 is 22.9 Å². The molecule has 3 heterocycles. The van der Waals surface area contributed by atoms with Gasteiger partial charge < -0.3 is 15.0 Å². The molecule has 0 saturated carbocycles. The quantitative estimate of drug-likeness (QED) is 0.778. The van der Waals surface area contributed by atoms with Gasteiger partial charge in [0.05, 0.1) is 23.4 Å². The van der Waals surface area contributed by atoms with Gasteiger partial charge in [0.1, 0.15) is 10.7 Å². The predicted octanol–water partition coefficient (Wildman–Crippen LogP) is 3.03. The van der Waals surface area contributed by atoms with Gasteiger partial charge in [0.2, 0.25) is 0 Å². The van der Waals surface area contributed by atoms with Crippen LogP contribution in [0.2, 0.25) is 5.02 Å². The molecule has 4 rings (SSSR count). The van der Waals surface area contributed by atoms with Crippen LogP contribution in [0.25, 0.3) is 0 Å². The maximum Gasteiger partial charge on any atom is 0.270 e. The molecule has 1 N–H and O–H groups in total. The molecule has 8 heteroatoms. The number of aromatic nitrogens is 1. The van der Waals surface area contributed by atoms with Gasteiger partial charge in [-0.1, -0.05) is 23.7 Å². The standard InChI is InChI=1S/C20H25ClN4O2S/c21-16-5-1-2-6-18(16)25-9-7-24(8-10-25)13-19-23-17(14-28-19)20(26)22-12-15-4-3-11-27-15/h1-2,5-6,14-15H,3-4,7-13H2,(H,22,26)/t15-/m0/s1. The van der Waals surface area contributed by atoms with Gasteiger partial charge in [-0.15, -0.1) is 11.3 Å². The molecule has 0 radical (unpaired) electrons. The minimum absolute atomic E-state index is 0.110. The number of hydrogen-bond acceptors (Lipinski definition) is 6. The van der Waals surface area contributed by atoms with E-state index in [2.05, 4.69) is 26.2 Å². The number of hydrogen-bond donors (Lipinski definition) is 1. The molecular weight excluding hydrogens is 396 g/mol. The summed E-state index contributed by atoms with van der Waals surface area (Å²) < 4.78 is 5.54. The van der Waals surface area contributed by atoms with E-state index in [1.54, 1.807) is 11.3 Å². The number of thiazole rings is 1. The number of carbonyl (C=O) groups excluding carboxylic acids is 1. The lowest BCUT2D eigenvalue weighted by Crippen LogP contribution is -2.46. The van der Waals surface area contributed by atoms with Crippen LogP contribution < -0.4 is 10.2 Å². The molecule has 2 aromatic rings. The molecule has 150 valence electrons. The lowest BCUT2D eigenvalue weighted by Gasteiger charge is -2.36. The molecule has 2 saturated heterocycles. The predicted molar refractivity (Wildman–Crippen MR) is 112 cm³/mol. The van der Waals surface area contributed by atoms with Crippen molar-refractivity contribution < 1.29 is 9.53 Å². The molecule has 0 unspecified atom stereocenters. The monoisotopic (exact) mass is 420 g/mol. The Morgan fingerprint density at radius 1 is 1.29 bits per heavy atom. The Hall–Kier alpha value is -1.67. The van der Waals surface area contributed by atoms with E-state index in [0.29, 0.717) is 12.2 Å². The van der Waals surface area contributed by atoms with Crippen molar-refractivity contribution in [1.29, 1.82) is 0 Å². The number of para-hydroxylation sites is 1. The van der Waals surface area contributed by atoms with E-state index in [0.717, 1.165) is 67.9 Å². The molecule has 1 amide bonds. The average Bonchev–Trinajstić information content (AvgIpc) is 3.39. The summed E-state index contributed by atoms with van der Waals surface area (Å²) in [5.74, 6) is -0.110. The highest BCUT2D eigenvalue weighted by atomic mass is 35.5. The van der Waals surface area contributed by atoms with Crippen molar-refractivity contribution in [3.63, 3.8) is 0 Å². The minimum atomic E-state index is -0.110. The number of nitrogens with one attached hydrogen (secondary N) is 1. The van der Waals surface area contributed by atoms with Gasteiger partial charge in [-0.2, -0.15) is 0 Å². The van der Waals surface area contributed by atoms with Crippen LogP contribution in [0.3, 0.4) is 0 Å². The molecule has 6 nitrogen and oxygen atoms in total. The summed E-state index contributed by atoms with van der Waals surface area (Å²) in [6, 6.07) is 7.98. The van der Waals surface area contributed by atoms with Gasteiger partial charge in [0.25, 0.3) is 5.91 Å². The fraction of sp³-hybridized carbons (Fsp3) is 0.500. The molecule has 1 atom stereocenters. The summed E-state index contributed by atoms with van der Waals surface area (Å²) in [4.78, 5) is 21.5. The van der Waals surface area contributed by atoms with E-state index in [4.69, 9.17) is 16.3 Å². The number of carbonyl (C=O) groups is 1. The first kappa shape index (κ1) is 19.6. The number of ether oxygens (including phenoxy) is 1. The molecule has 1 aromatic carbocycles. The number of benzene rings is 1. The van der Waals surface area contributed by atoms with Gasteiger partial charge in [0.15, 0.2) is 0 Å². The normalized spacial score (nSPS) is 20.5. The van der Waals surface area contributed by atoms with Crippen LogP contribution in [0.15, 0.2) is 29.6 Å². The van der Waals surface area contributed by atoms with Crippen molar-refractivity contribution in [1.82, 2.24) is 15.2 Å². The van der Waals surface area contributed by atoms with Crippen molar-refractivity contribution in [2.24, 2.45) is 0 Å². The molecule has 2 fully saturated rings. The van der Waals surface area contributed by atoms with Gasteiger partial charge in [0, 0.05) is 44.7 Å². The zero-order valence-electron chi connectivity index (χ0n) is 15.8. The maximum absolute atomic E-state index is 12.3. The Balaban J connectivity index is 1.25. The highest BCUT2D eigenvalue weighted by Crippen LogP contribution is 2.26. The van der Waals surface area contributed by atoms with Crippen LogP contribution in [0.4, 0.5) is 5.69 Å². The van der Waals surface area contributed by atoms with Gasteiger partial charge in [-0.05, 0) is 25.0 Å². The number of amides is 1. The second-order valence-corrected chi connectivity index (χ2v) is 8.54. The van der Waals surface area contributed by atoms with E-state index in [1.165, 1.54) is 0 Å². The van der Waals surface area contributed by atoms with E-state index in [-0.39, 0.29) is 12.0 Å². The van der Waals surface area contributed by atoms with Crippen molar-refractivity contribution >= 4 is 34.5 Å². The Labute approximate surface area is 174 Å². The second kappa shape index (κ2) is 9.22. The Morgan fingerprint density at radius 2 is 2.11 bits per heavy atom. The molecule has 2 aliphatic heterocycles. The largest absolute Gasteiger partial charge is 0.376 e. The third kappa shape index (κ3) is 4.84. The number of anilines is 1. The van der Waals surface area contributed by atoms with Crippen molar-refractivity contribution in [2.45, 2.75) is 25.5 Å². The Kier molecular flexibility index (Phi) is 6.47. The van der Waals surface area contributed by atoms with Gasteiger partial charge in [-0.3, -0.25) is 9.69 Å². The maximum atomic E-state index is 12.3. The first-order valence-electron chi connectivity index (χ1n) is 9.75. The lowest BCUT2D eigenvalue weighted by atomic mass is 10.2. The molecule has 28 heavy (non-hydrogen) atoms. The molecule has 0 aliphatic carbocycles. The summed E-state index contributed by atoms with van der Waals surface area (Å²) in [7, 11) is 0. The van der Waals surface area contributed by atoms with Crippen molar-refractivity contribution in [3.8, 4) is 0 Å². The Morgan fingerprint density at radius 3 is 2.86 bits per heavy atom. The summed E-state index contributed by atoms with van der Waals surface area (Å²) in [5.41, 5.74) is 1.61. The molecule has 2 aliphatic rings. The number of halogens is 1. The zero-order chi connectivity index (χ0) is 19.3. The summed E-state index contributed by atoms with van der Waals surface area (Å²) in [6.45, 7) is 5.91. The molecular formula is C20H25ClN4O2S. The number of rotatable bonds is 6. The fourth-order valence-corrected chi connectivity index (χ4v) is 4.71. The highest BCUT2D eigenvalue weighted by Gasteiger charge is 2.21. The third-order valence-electron chi connectivity index (χ3n) is 5.22. The topological polar surface area (TPSA) is 57.7 Å². The summed E-state index contributed by atoms with van der Waals surface area (Å²) in [5, 5.41) is 6.56. The van der Waals surface area contributed by atoms with Crippen LogP contribution in [0.1, 0.15) is 28.3 Å². The first-order valence-corrected chi connectivity index (χ1v) is 11.0. The van der Waals surface area contributed by atoms with Crippen LogP contribution in [0, 0.1) is 0 Å². The Bertz CT molecular complexity index is 801. The second-order valence-electron chi connectivity index (χ2n) is 7.19. The van der Waals surface area contributed by atoms with Crippen molar-refractivity contribution in [2.75, 3.05) is 44.2 Å². The smallest absolute Gasteiger partial charge is 0.270 e. The van der Waals surface area contributed by atoms with E-state index >= 15 is 0 Å². The molecule has 0 spiro atoms. The fourth-order valence-electron chi connectivity index (χ4n) is 3.64. The number of piperazine rings is 1. The van der Waals surface area contributed by atoms with Gasteiger partial charge in [-0.25, -0.2) is 4.98 Å². The summed E-state index contributed by atoms with van der Waals surface area (Å²) >= 11 is 7.86. The third-order valence-corrected chi connectivity index (χ3v) is 6.38. The van der Waals surface area contributed by atoms with Gasteiger partial charge >= 0.3 is 0 Å². The highest BCUT2D eigenvalue weighted by molar-refractivity contribution is 7.09. The van der Waals surface area contributed by atoms with Crippen LogP contribution in [-0.4, -0.2) is 61.2 Å². The lowest BCUT2D eigenvalue weighted by molar-refractivity contribution is 0.0854. The SMILES string of the molecule is O=C(NC[C@@H]1CCCO1)c1csc(CN2CCN(c3ccccc3Cl)CC2)n1. The van der Waals surface area contributed by atoms with E-state index < -0.39 is 0 Å². The van der Waals surface area contributed by atoms with Crippen LogP contribution in [0.5, 0.6) is 0 Å². The first-order chi connectivity index (χ1) is 13.7. The van der Waals surface area contributed by atoms with Crippen molar-refractivity contribution in [3.05, 3.63) is 45.4 Å². The van der Waals surface area contributed by atoms with E-state index in [1.807, 2.05) is 23.6 Å². The number of nitrogens with zero attached hydrogens (tertiary/aromatic N) is 3. The summed E-state index contributed by atoms with van der Waals surface area (Å²) in [6.07, 6.45) is 2.24. The minimum Gasteiger partial charge on any atom is -0.376 e. The zero-order valence-corrected chi connectivity index (χ0v) is 17.3.